The molecule has 28 heavy (non-hydrogen) atoms. The molecule has 0 atom stereocenters. The number of furan rings is 1. The Morgan fingerprint density at radius 1 is 1.11 bits per heavy atom. The van der Waals surface area contributed by atoms with E-state index in [-0.39, 0.29) is 17.1 Å². The molecular formula is C18H19N5O4S. The van der Waals surface area contributed by atoms with Crippen LogP contribution in [0.25, 0.3) is 0 Å². The van der Waals surface area contributed by atoms with Gasteiger partial charge in [0.2, 0.25) is 10.0 Å². The molecule has 10 heteroatoms. The maximum atomic E-state index is 12.4. The van der Waals surface area contributed by atoms with Crippen LogP contribution in [0.15, 0.2) is 64.1 Å². The molecule has 9 nitrogen and oxygen atoms in total. The Hall–Kier alpha value is -3.24. The van der Waals surface area contributed by atoms with E-state index in [1.807, 2.05) is 14.1 Å². The highest BCUT2D eigenvalue weighted by Gasteiger charge is 2.16. The maximum absolute atomic E-state index is 12.4. The lowest BCUT2D eigenvalue weighted by atomic mass is 10.3. The number of nitrogens with zero attached hydrogens (tertiary/aromatic N) is 3. The predicted molar refractivity (Wildman–Crippen MR) is 103 cm³/mol. The van der Waals surface area contributed by atoms with E-state index in [2.05, 4.69) is 20.2 Å². The van der Waals surface area contributed by atoms with Crippen molar-refractivity contribution in [1.82, 2.24) is 14.9 Å². The number of sulfonamides is 1. The standard InChI is InChI=1S/C18H19N5O4S/c1-23(2)17-9-8-16(21-22-17)18(24)20-13-5-3-7-15(11-13)28(25,26)19-12-14-6-4-10-27-14/h3-11,19H,12H2,1-2H3,(H,20,24). The number of benzene rings is 1. The van der Waals surface area contributed by atoms with Gasteiger partial charge in [-0.15, -0.1) is 10.2 Å². The van der Waals surface area contributed by atoms with Gasteiger partial charge in [0.1, 0.15) is 5.76 Å². The van der Waals surface area contributed by atoms with Gasteiger partial charge >= 0.3 is 0 Å². The van der Waals surface area contributed by atoms with Gasteiger partial charge in [-0.05, 0) is 42.5 Å². The molecule has 0 bridgehead atoms. The van der Waals surface area contributed by atoms with Crippen LogP contribution < -0.4 is 14.9 Å². The third kappa shape index (κ3) is 4.72. The number of hydrogen-bond acceptors (Lipinski definition) is 7. The Labute approximate surface area is 162 Å². The molecule has 0 unspecified atom stereocenters. The van der Waals surface area contributed by atoms with Crippen LogP contribution in [0, 0.1) is 0 Å². The van der Waals surface area contributed by atoms with Gasteiger partial charge in [0.25, 0.3) is 5.91 Å². The Morgan fingerprint density at radius 3 is 2.57 bits per heavy atom. The van der Waals surface area contributed by atoms with E-state index in [9.17, 15) is 13.2 Å². The minimum atomic E-state index is -3.77. The molecule has 0 saturated heterocycles. The van der Waals surface area contributed by atoms with Gasteiger partial charge < -0.3 is 14.6 Å². The van der Waals surface area contributed by atoms with E-state index in [0.717, 1.165) is 0 Å². The van der Waals surface area contributed by atoms with Crippen LogP contribution in [-0.4, -0.2) is 38.6 Å². The molecule has 3 aromatic rings. The number of anilines is 2. The minimum Gasteiger partial charge on any atom is -0.468 e. The molecule has 0 radical (unpaired) electrons. The number of hydrogen-bond donors (Lipinski definition) is 2. The van der Waals surface area contributed by atoms with Crippen molar-refractivity contribution in [2.45, 2.75) is 11.4 Å². The molecule has 2 aromatic heterocycles. The van der Waals surface area contributed by atoms with Crippen molar-refractivity contribution in [1.29, 1.82) is 0 Å². The van der Waals surface area contributed by atoms with E-state index < -0.39 is 15.9 Å². The smallest absolute Gasteiger partial charge is 0.276 e. The summed E-state index contributed by atoms with van der Waals surface area (Å²) in [4.78, 5) is 14.1. The van der Waals surface area contributed by atoms with Crippen LogP contribution in [0.5, 0.6) is 0 Å². The lowest BCUT2D eigenvalue weighted by Gasteiger charge is -2.11. The fraction of sp³-hybridized carbons (Fsp3) is 0.167. The second kappa shape index (κ2) is 8.19. The highest BCUT2D eigenvalue weighted by atomic mass is 32.2. The highest BCUT2D eigenvalue weighted by Crippen LogP contribution is 2.17. The number of aromatic nitrogens is 2. The maximum Gasteiger partial charge on any atom is 0.276 e. The van der Waals surface area contributed by atoms with E-state index in [4.69, 9.17) is 4.42 Å². The van der Waals surface area contributed by atoms with Crippen molar-refractivity contribution in [3.05, 3.63) is 66.2 Å². The normalized spacial score (nSPS) is 11.2. The SMILES string of the molecule is CN(C)c1ccc(C(=O)Nc2cccc(S(=O)(=O)NCc3ccco3)c2)nn1. The van der Waals surface area contributed by atoms with Gasteiger partial charge in [0.05, 0.1) is 17.7 Å². The van der Waals surface area contributed by atoms with Gasteiger partial charge in [-0.2, -0.15) is 0 Å². The van der Waals surface area contributed by atoms with Crippen LogP contribution in [0.2, 0.25) is 0 Å². The van der Waals surface area contributed by atoms with Crippen LogP contribution in [0.4, 0.5) is 11.5 Å². The van der Waals surface area contributed by atoms with Crippen LogP contribution in [0.3, 0.4) is 0 Å². The predicted octanol–water partition coefficient (Wildman–Crippen LogP) is 1.87. The summed E-state index contributed by atoms with van der Waals surface area (Å²) in [7, 11) is -0.139. The van der Waals surface area contributed by atoms with E-state index in [1.54, 1.807) is 35.2 Å². The molecule has 146 valence electrons. The topological polar surface area (TPSA) is 117 Å². The van der Waals surface area contributed by atoms with E-state index in [1.165, 1.54) is 24.5 Å². The molecule has 2 heterocycles. The van der Waals surface area contributed by atoms with Crippen molar-refractivity contribution in [3.8, 4) is 0 Å². The summed E-state index contributed by atoms with van der Waals surface area (Å²) in [6.45, 7) is 0.0275. The number of nitrogens with one attached hydrogen (secondary N) is 2. The first-order valence-corrected chi connectivity index (χ1v) is 9.78. The quantitative estimate of drug-likeness (QED) is 0.620. The van der Waals surface area contributed by atoms with Crippen LogP contribution in [0.1, 0.15) is 16.2 Å². The van der Waals surface area contributed by atoms with Crippen molar-refractivity contribution < 1.29 is 17.6 Å². The first kappa shape index (κ1) is 19.5. The number of rotatable bonds is 7. The zero-order valence-electron chi connectivity index (χ0n) is 15.3. The number of carbonyl (C=O) groups excluding carboxylic acids is 1. The minimum absolute atomic E-state index is 0.0193. The van der Waals surface area contributed by atoms with Crippen LogP contribution >= 0.6 is 0 Å². The molecule has 0 aliphatic rings. The fourth-order valence-electron chi connectivity index (χ4n) is 2.28. The number of carbonyl (C=O) groups is 1. The Bertz CT molecular complexity index is 1050. The number of amides is 1. The summed E-state index contributed by atoms with van der Waals surface area (Å²) < 4.78 is 32.4. The van der Waals surface area contributed by atoms with Crippen molar-refractivity contribution in [2.75, 3.05) is 24.3 Å². The molecule has 3 rings (SSSR count). The summed E-state index contributed by atoms with van der Waals surface area (Å²) in [6.07, 6.45) is 1.47. The highest BCUT2D eigenvalue weighted by molar-refractivity contribution is 7.89. The van der Waals surface area contributed by atoms with Crippen molar-refractivity contribution in [2.24, 2.45) is 0 Å². The molecule has 0 spiro atoms. The molecule has 0 saturated carbocycles. The summed E-state index contributed by atoms with van der Waals surface area (Å²) >= 11 is 0. The molecule has 1 aromatic carbocycles. The molecular weight excluding hydrogens is 382 g/mol. The van der Waals surface area contributed by atoms with Gasteiger partial charge in [-0.3, -0.25) is 4.79 Å². The zero-order chi connectivity index (χ0) is 20.1. The average Bonchev–Trinajstić information content (AvgIpc) is 3.20. The van der Waals surface area contributed by atoms with E-state index >= 15 is 0 Å². The van der Waals surface area contributed by atoms with Crippen LogP contribution in [-0.2, 0) is 16.6 Å². The Balaban J connectivity index is 1.71. The molecule has 0 fully saturated rings. The summed E-state index contributed by atoms with van der Waals surface area (Å²) in [5, 5.41) is 10.5. The largest absolute Gasteiger partial charge is 0.468 e. The first-order chi connectivity index (χ1) is 13.3. The average molecular weight is 401 g/mol. The fourth-order valence-corrected chi connectivity index (χ4v) is 3.32. The summed E-state index contributed by atoms with van der Waals surface area (Å²) in [5.41, 5.74) is 0.444. The molecule has 1 amide bonds. The van der Waals surface area contributed by atoms with E-state index in [0.29, 0.717) is 17.3 Å². The molecule has 0 aliphatic heterocycles. The summed E-state index contributed by atoms with van der Waals surface area (Å²) in [6, 6.07) is 12.5. The van der Waals surface area contributed by atoms with Gasteiger partial charge in [-0.1, -0.05) is 6.07 Å². The lowest BCUT2D eigenvalue weighted by molar-refractivity contribution is 0.102. The molecule has 0 aliphatic carbocycles. The lowest BCUT2D eigenvalue weighted by Crippen LogP contribution is -2.23. The monoisotopic (exact) mass is 401 g/mol. The molecule has 2 N–H and O–H groups in total. The second-order valence-corrected chi connectivity index (χ2v) is 7.82. The Kier molecular flexibility index (Phi) is 5.71. The van der Waals surface area contributed by atoms with Gasteiger partial charge in [0, 0.05) is 19.8 Å². The van der Waals surface area contributed by atoms with Gasteiger partial charge in [-0.25, -0.2) is 13.1 Å². The third-order valence-electron chi connectivity index (χ3n) is 3.76. The van der Waals surface area contributed by atoms with Crippen molar-refractivity contribution in [3.63, 3.8) is 0 Å². The zero-order valence-corrected chi connectivity index (χ0v) is 16.1. The van der Waals surface area contributed by atoms with Crippen molar-refractivity contribution >= 4 is 27.4 Å². The summed E-state index contributed by atoms with van der Waals surface area (Å²) in [5.74, 6) is 0.621. The third-order valence-corrected chi connectivity index (χ3v) is 5.16. The first-order valence-electron chi connectivity index (χ1n) is 8.30. The Morgan fingerprint density at radius 2 is 1.93 bits per heavy atom. The van der Waals surface area contributed by atoms with Gasteiger partial charge in [0.15, 0.2) is 11.5 Å². The second-order valence-electron chi connectivity index (χ2n) is 6.06.